The number of fused-ring (bicyclic) bond motifs is 2. The maximum atomic E-state index is 11.3. The summed E-state index contributed by atoms with van der Waals surface area (Å²) in [5.41, 5.74) is 1.88. The van der Waals surface area contributed by atoms with Gasteiger partial charge in [-0.25, -0.2) is 9.97 Å². The Morgan fingerprint density at radius 1 is 0.842 bits per heavy atom. The molecule has 1 aromatic heterocycles. The van der Waals surface area contributed by atoms with Crippen molar-refractivity contribution in [2.24, 2.45) is 0 Å². The van der Waals surface area contributed by atoms with E-state index in [-0.39, 0.29) is 40.0 Å². The number of aromatic nitrogens is 2. The van der Waals surface area contributed by atoms with Crippen LogP contribution >= 0.6 is 0 Å². The van der Waals surface area contributed by atoms with Crippen LogP contribution in [-0.2, 0) is 10.1 Å². The molecule has 7 heteroatoms. The van der Waals surface area contributed by atoms with Crippen molar-refractivity contribution >= 4 is 61.7 Å². The predicted molar refractivity (Wildman–Crippen MR) is 74.0 cm³/mol. The SMILES string of the molecule is O=S(=O)(O)c1cccc2nc3ccccc3nc12.[NaH]. The summed E-state index contributed by atoms with van der Waals surface area (Å²) in [7, 11) is -4.30. The quantitative estimate of drug-likeness (QED) is 0.415. The first-order valence-corrected chi connectivity index (χ1v) is 6.63. The van der Waals surface area contributed by atoms with Crippen LogP contribution in [0.3, 0.4) is 0 Å². The van der Waals surface area contributed by atoms with Gasteiger partial charge < -0.3 is 0 Å². The topological polar surface area (TPSA) is 80.2 Å². The summed E-state index contributed by atoms with van der Waals surface area (Å²) in [6.07, 6.45) is 0. The Morgan fingerprint density at radius 2 is 1.42 bits per heavy atom. The van der Waals surface area contributed by atoms with Gasteiger partial charge in [-0.2, -0.15) is 8.42 Å². The summed E-state index contributed by atoms with van der Waals surface area (Å²) < 4.78 is 31.7. The molecule has 5 nitrogen and oxygen atoms in total. The van der Waals surface area contributed by atoms with Crippen LogP contribution in [0.5, 0.6) is 0 Å². The van der Waals surface area contributed by atoms with Gasteiger partial charge in [-0.1, -0.05) is 18.2 Å². The molecule has 3 aromatic rings. The van der Waals surface area contributed by atoms with Gasteiger partial charge >= 0.3 is 29.6 Å². The molecule has 0 aliphatic heterocycles. The van der Waals surface area contributed by atoms with Gasteiger partial charge in [0.15, 0.2) is 0 Å². The molecule has 0 spiro atoms. The van der Waals surface area contributed by atoms with Crippen LogP contribution in [0.1, 0.15) is 0 Å². The number of hydrogen-bond acceptors (Lipinski definition) is 4. The van der Waals surface area contributed by atoms with E-state index in [0.29, 0.717) is 16.6 Å². The van der Waals surface area contributed by atoms with Crippen LogP contribution in [0.2, 0.25) is 0 Å². The second kappa shape index (κ2) is 5.15. The van der Waals surface area contributed by atoms with E-state index in [1.165, 1.54) is 12.1 Å². The van der Waals surface area contributed by atoms with Crippen LogP contribution in [0.4, 0.5) is 0 Å². The first kappa shape index (κ1) is 14.4. The van der Waals surface area contributed by atoms with Crippen molar-refractivity contribution in [2.75, 3.05) is 0 Å². The van der Waals surface area contributed by atoms with Crippen molar-refractivity contribution in [3.05, 3.63) is 42.5 Å². The van der Waals surface area contributed by atoms with Gasteiger partial charge in [-0.15, -0.1) is 0 Å². The molecule has 0 aliphatic rings. The Kier molecular flexibility index (Phi) is 3.89. The van der Waals surface area contributed by atoms with Gasteiger partial charge in [0.05, 0.1) is 16.6 Å². The number of nitrogens with zero attached hydrogens (tertiary/aromatic N) is 2. The monoisotopic (exact) mass is 284 g/mol. The molecule has 0 bridgehead atoms. The third-order valence-corrected chi connectivity index (χ3v) is 3.50. The fourth-order valence-corrected chi connectivity index (χ4v) is 2.47. The Morgan fingerprint density at radius 3 is 2.05 bits per heavy atom. The van der Waals surface area contributed by atoms with E-state index in [4.69, 9.17) is 4.55 Å². The van der Waals surface area contributed by atoms with Crippen LogP contribution < -0.4 is 0 Å². The Hall–Kier alpha value is -1.05. The molecule has 0 atom stereocenters. The fraction of sp³-hybridized carbons (Fsp3) is 0. The predicted octanol–water partition coefficient (Wildman–Crippen LogP) is 1.38. The first-order valence-electron chi connectivity index (χ1n) is 5.19. The number of para-hydroxylation sites is 3. The second-order valence-corrected chi connectivity index (χ2v) is 5.20. The molecule has 19 heavy (non-hydrogen) atoms. The van der Waals surface area contributed by atoms with Crippen molar-refractivity contribution in [1.29, 1.82) is 0 Å². The zero-order valence-electron chi connectivity index (χ0n) is 9.11. The first-order chi connectivity index (χ1) is 8.55. The van der Waals surface area contributed by atoms with Crippen LogP contribution in [0.15, 0.2) is 47.4 Å². The molecule has 0 fully saturated rings. The standard InChI is InChI=1S/C12H8N2O3S.Na.H/c15-18(16,17)11-7-3-6-10-12(11)14-9-5-2-1-4-8(9)13-10;;/h1-7H,(H,15,16,17);;. The van der Waals surface area contributed by atoms with Gasteiger partial charge in [-0.3, -0.25) is 4.55 Å². The second-order valence-electron chi connectivity index (χ2n) is 3.81. The van der Waals surface area contributed by atoms with E-state index in [9.17, 15) is 8.42 Å². The molecule has 2 aromatic carbocycles. The minimum atomic E-state index is -4.30. The molecule has 0 unspecified atom stereocenters. The third-order valence-electron chi connectivity index (χ3n) is 2.61. The summed E-state index contributed by atoms with van der Waals surface area (Å²) in [5.74, 6) is 0. The van der Waals surface area contributed by atoms with E-state index in [0.717, 1.165) is 0 Å². The van der Waals surface area contributed by atoms with Gasteiger partial charge in [0.1, 0.15) is 10.4 Å². The normalized spacial score (nSPS) is 11.4. The van der Waals surface area contributed by atoms with Crippen molar-refractivity contribution in [1.82, 2.24) is 9.97 Å². The average molecular weight is 284 g/mol. The van der Waals surface area contributed by atoms with Gasteiger partial charge in [-0.05, 0) is 24.3 Å². The van der Waals surface area contributed by atoms with E-state index < -0.39 is 10.1 Å². The number of rotatable bonds is 1. The van der Waals surface area contributed by atoms with Gasteiger partial charge in [0.25, 0.3) is 10.1 Å². The van der Waals surface area contributed by atoms with E-state index >= 15 is 0 Å². The number of benzene rings is 2. The summed E-state index contributed by atoms with van der Waals surface area (Å²) in [6, 6.07) is 11.6. The molecule has 0 aliphatic carbocycles. The Bertz CT molecular complexity index is 865. The third kappa shape index (κ3) is 2.63. The van der Waals surface area contributed by atoms with Crippen molar-refractivity contribution in [3.63, 3.8) is 0 Å². The van der Waals surface area contributed by atoms with Crippen LogP contribution in [0.25, 0.3) is 22.1 Å². The Labute approximate surface area is 131 Å². The fourth-order valence-electron chi connectivity index (χ4n) is 1.82. The minimum absolute atomic E-state index is 0. The summed E-state index contributed by atoms with van der Waals surface area (Å²) in [5, 5.41) is 0. The molecule has 0 amide bonds. The molecule has 1 heterocycles. The van der Waals surface area contributed by atoms with E-state index in [2.05, 4.69) is 9.97 Å². The summed E-state index contributed by atoms with van der Waals surface area (Å²) in [6.45, 7) is 0. The molecule has 0 radical (unpaired) electrons. The van der Waals surface area contributed by atoms with Crippen molar-refractivity contribution < 1.29 is 13.0 Å². The summed E-state index contributed by atoms with van der Waals surface area (Å²) in [4.78, 5) is 8.33. The number of hydrogen-bond donors (Lipinski definition) is 1. The van der Waals surface area contributed by atoms with Crippen LogP contribution in [-0.4, -0.2) is 52.5 Å². The van der Waals surface area contributed by atoms with Crippen molar-refractivity contribution in [3.8, 4) is 0 Å². The molecule has 3 rings (SSSR count). The zero-order chi connectivity index (χ0) is 12.8. The molecular formula is C12H9N2NaO3S. The van der Waals surface area contributed by atoms with Crippen molar-refractivity contribution in [2.45, 2.75) is 4.90 Å². The Balaban J connectivity index is 0.00000133. The van der Waals surface area contributed by atoms with Gasteiger partial charge in [0.2, 0.25) is 0 Å². The zero-order valence-corrected chi connectivity index (χ0v) is 9.92. The molecule has 0 saturated heterocycles. The molecule has 1 N–H and O–H groups in total. The average Bonchev–Trinajstić information content (AvgIpc) is 2.34. The van der Waals surface area contributed by atoms with E-state index in [1.807, 2.05) is 6.07 Å². The van der Waals surface area contributed by atoms with Gasteiger partial charge in [0, 0.05) is 0 Å². The van der Waals surface area contributed by atoms with E-state index in [1.54, 1.807) is 24.3 Å². The molecule has 0 saturated carbocycles. The molecular weight excluding hydrogens is 275 g/mol. The maximum absolute atomic E-state index is 11.3. The van der Waals surface area contributed by atoms with Crippen LogP contribution in [0, 0.1) is 0 Å². The molecule has 92 valence electrons. The summed E-state index contributed by atoms with van der Waals surface area (Å²) >= 11 is 0.